The summed E-state index contributed by atoms with van der Waals surface area (Å²) in [7, 11) is -4.24. The predicted octanol–water partition coefficient (Wildman–Crippen LogP) is 3.41. The van der Waals surface area contributed by atoms with Crippen molar-refractivity contribution < 1.29 is 27.1 Å². The van der Waals surface area contributed by atoms with Gasteiger partial charge in [0.2, 0.25) is 10.0 Å². The molecule has 0 radical (unpaired) electrons. The van der Waals surface area contributed by atoms with Gasteiger partial charge in [0.15, 0.2) is 0 Å². The average Bonchev–Trinajstić information content (AvgIpc) is 2.90. The number of β-amino-alcohol motifs (C(OH)–C–C–N with tert-alkyl or cyclic N) is 1. The number of aliphatic hydroxyl groups is 1. The Bertz CT molecular complexity index is 1030. The van der Waals surface area contributed by atoms with Crippen LogP contribution in [0, 0.1) is 11.6 Å². The zero-order chi connectivity index (χ0) is 21.2. The third kappa shape index (κ3) is 4.92. The predicted molar refractivity (Wildman–Crippen MR) is 104 cm³/mol. The minimum Gasteiger partial charge on any atom is -0.392 e. The van der Waals surface area contributed by atoms with Crippen LogP contribution in [0.2, 0.25) is 5.02 Å². The molecule has 1 aliphatic heterocycles. The van der Waals surface area contributed by atoms with Gasteiger partial charge in [-0.05, 0) is 55.7 Å². The molecule has 0 aliphatic carbocycles. The number of nitrogens with zero attached hydrogens (tertiary/aromatic N) is 1. The van der Waals surface area contributed by atoms with Crippen LogP contribution in [0.25, 0.3) is 0 Å². The highest BCUT2D eigenvalue weighted by atomic mass is 35.5. The van der Waals surface area contributed by atoms with Crippen molar-refractivity contribution in [1.29, 1.82) is 0 Å². The topological polar surface area (TPSA) is 86.7 Å². The lowest BCUT2D eigenvalue weighted by atomic mass is 10.2. The first-order valence-electron chi connectivity index (χ1n) is 8.92. The molecule has 0 unspecified atom stereocenters. The monoisotopic (exact) mass is 444 g/mol. The molecule has 10 heteroatoms. The summed E-state index contributed by atoms with van der Waals surface area (Å²) < 4.78 is 54.4. The van der Waals surface area contributed by atoms with Crippen LogP contribution in [0.15, 0.2) is 41.3 Å². The summed E-state index contributed by atoms with van der Waals surface area (Å²) in [5, 5.41) is 12.2. The number of carbonyl (C=O) groups is 1. The number of hydrogen-bond acceptors (Lipinski definition) is 4. The van der Waals surface area contributed by atoms with E-state index in [-0.39, 0.29) is 29.4 Å². The van der Waals surface area contributed by atoms with Crippen LogP contribution in [0.3, 0.4) is 0 Å². The lowest BCUT2D eigenvalue weighted by Gasteiger charge is -2.22. The zero-order valence-electron chi connectivity index (χ0n) is 15.2. The van der Waals surface area contributed by atoms with Crippen LogP contribution in [0.1, 0.15) is 29.6 Å². The first-order valence-corrected chi connectivity index (χ1v) is 10.7. The van der Waals surface area contributed by atoms with Crippen molar-refractivity contribution in [1.82, 2.24) is 4.31 Å². The number of nitrogens with one attached hydrogen (secondary N) is 1. The lowest BCUT2D eigenvalue weighted by Crippen LogP contribution is -2.36. The molecule has 1 atom stereocenters. The van der Waals surface area contributed by atoms with E-state index in [0.29, 0.717) is 19.3 Å². The maximum absolute atomic E-state index is 14.3. The minimum atomic E-state index is -4.24. The van der Waals surface area contributed by atoms with Gasteiger partial charge in [0.05, 0.1) is 11.1 Å². The van der Waals surface area contributed by atoms with Crippen LogP contribution in [-0.2, 0) is 10.0 Å². The van der Waals surface area contributed by atoms with Crippen molar-refractivity contribution in [2.75, 3.05) is 18.4 Å². The van der Waals surface area contributed by atoms with E-state index in [2.05, 4.69) is 5.32 Å². The Kier molecular flexibility index (Phi) is 6.52. The molecule has 2 aromatic rings. The van der Waals surface area contributed by atoms with Crippen LogP contribution in [0.4, 0.5) is 14.5 Å². The Morgan fingerprint density at radius 3 is 2.59 bits per heavy atom. The quantitative estimate of drug-likeness (QED) is 0.756. The van der Waals surface area contributed by atoms with Gasteiger partial charge in [-0.15, -0.1) is 0 Å². The van der Waals surface area contributed by atoms with Crippen LogP contribution in [-0.4, -0.2) is 42.9 Å². The highest BCUT2D eigenvalue weighted by Crippen LogP contribution is 2.25. The molecule has 156 valence electrons. The highest BCUT2D eigenvalue weighted by molar-refractivity contribution is 7.89. The first-order chi connectivity index (χ1) is 13.7. The average molecular weight is 445 g/mol. The van der Waals surface area contributed by atoms with Crippen molar-refractivity contribution >= 4 is 33.2 Å². The molecule has 3 rings (SSSR count). The summed E-state index contributed by atoms with van der Waals surface area (Å²) in [4.78, 5) is 11.8. The van der Waals surface area contributed by atoms with Crippen molar-refractivity contribution in [3.63, 3.8) is 0 Å². The van der Waals surface area contributed by atoms with E-state index in [1.54, 1.807) is 0 Å². The molecule has 2 N–H and O–H groups in total. The smallest absolute Gasteiger partial charge is 0.255 e. The molecule has 0 spiro atoms. The first kappa shape index (κ1) is 21.6. The summed E-state index contributed by atoms with van der Waals surface area (Å²) in [6.45, 7) is 0.0234. The number of rotatable bonds is 4. The molecule has 1 amide bonds. The fourth-order valence-electron chi connectivity index (χ4n) is 3.06. The Hall–Kier alpha value is -2.07. The summed E-state index contributed by atoms with van der Waals surface area (Å²) in [5.41, 5.74) is 0.103. The number of aliphatic hydroxyl groups excluding tert-OH is 1. The number of halogens is 3. The Balaban J connectivity index is 1.88. The summed E-state index contributed by atoms with van der Waals surface area (Å²) in [5.74, 6) is -2.36. The molecular formula is C19H19ClF2N2O4S. The largest absolute Gasteiger partial charge is 0.392 e. The molecule has 1 heterocycles. The molecule has 2 aromatic carbocycles. The number of carbonyl (C=O) groups excluding carboxylic acids is 1. The fraction of sp³-hybridized carbons (Fsp3) is 0.316. The number of anilines is 1. The van der Waals surface area contributed by atoms with Crippen LogP contribution >= 0.6 is 11.6 Å². The van der Waals surface area contributed by atoms with E-state index < -0.39 is 38.6 Å². The Labute approximate surface area is 172 Å². The van der Waals surface area contributed by atoms with E-state index >= 15 is 0 Å². The number of hydrogen-bond donors (Lipinski definition) is 2. The zero-order valence-corrected chi connectivity index (χ0v) is 16.8. The maximum Gasteiger partial charge on any atom is 0.255 e. The number of amides is 1. The van der Waals surface area contributed by atoms with Gasteiger partial charge in [-0.25, -0.2) is 17.2 Å². The van der Waals surface area contributed by atoms with Gasteiger partial charge in [-0.1, -0.05) is 11.6 Å². The molecule has 0 saturated carbocycles. The molecule has 0 aromatic heterocycles. The third-order valence-electron chi connectivity index (χ3n) is 4.60. The van der Waals surface area contributed by atoms with Crippen molar-refractivity contribution in [3.8, 4) is 0 Å². The van der Waals surface area contributed by atoms with E-state index in [1.807, 2.05) is 0 Å². The molecule has 29 heavy (non-hydrogen) atoms. The van der Waals surface area contributed by atoms with Gasteiger partial charge in [0.1, 0.15) is 16.5 Å². The second kappa shape index (κ2) is 8.74. The van der Waals surface area contributed by atoms with Crippen molar-refractivity contribution in [2.24, 2.45) is 0 Å². The maximum atomic E-state index is 14.3. The SMILES string of the molecule is O=C(Nc1ccc(F)c(Cl)c1)c1ccc(F)c(S(=O)(=O)N2CCCC[C@@H](O)C2)c1. The van der Waals surface area contributed by atoms with Gasteiger partial charge in [0.25, 0.3) is 5.91 Å². The Morgan fingerprint density at radius 2 is 1.86 bits per heavy atom. The molecule has 1 fully saturated rings. The van der Waals surface area contributed by atoms with E-state index in [1.165, 1.54) is 12.1 Å². The molecule has 0 bridgehead atoms. The number of sulfonamides is 1. The standard InChI is InChI=1S/C19H19ClF2N2O4S/c20-15-10-13(5-7-16(15)21)23-19(26)12-4-6-17(22)18(9-12)29(27,28)24-8-2-1-3-14(25)11-24/h4-7,9-10,14,25H,1-3,8,11H2,(H,23,26)/t14-/m1/s1. The van der Waals surface area contributed by atoms with Crippen molar-refractivity contribution in [3.05, 3.63) is 58.6 Å². The second-order valence-electron chi connectivity index (χ2n) is 6.74. The number of benzene rings is 2. The third-order valence-corrected chi connectivity index (χ3v) is 6.77. The Morgan fingerprint density at radius 1 is 1.14 bits per heavy atom. The van der Waals surface area contributed by atoms with Gasteiger partial charge >= 0.3 is 0 Å². The van der Waals surface area contributed by atoms with Crippen molar-refractivity contribution in [2.45, 2.75) is 30.3 Å². The van der Waals surface area contributed by atoms with Crippen LogP contribution < -0.4 is 5.32 Å². The van der Waals surface area contributed by atoms with Gasteiger partial charge in [-0.2, -0.15) is 4.31 Å². The fourth-order valence-corrected chi connectivity index (χ4v) is 4.85. The van der Waals surface area contributed by atoms with E-state index in [4.69, 9.17) is 11.6 Å². The van der Waals surface area contributed by atoms with Gasteiger partial charge in [0, 0.05) is 24.3 Å². The van der Waals surface area contributed by atoms with E-state index in [9.17, 15) is 27.1 Å². The summed E-state index contributed by atoms with van der Waals surface area (Å²) in [6.07, 6.45) is 0.851. The summed E-state index contributed by atoms with van der Waals surface area (Å²) in [6, 6.07) is 6.55. The summed E-state index contributed by atoms with van der Waals surface area (Å²) >= 11 is 5.68. The molecule has 6 nitrogen and oxygen atoms in total. The van der Waals surface area contributed by atoms with Gasteiger partial charge in [-0.3, -0.25) is 4.79 Å². The minimum absolute atomic E-state index is 0.0965. The van der Waals surface area contributed by atoms with E-state index in [0.717, 1.165) is 28.6 Å². The van der Waals surface area contributed by atoms with Gasteiger partial charge < -0.3 is 10.4 Å². The molecule has 1 saturated heterocycles. The normalized spacial score (nSPS) is 18.3. The molecule has 1 aliphatic rings. The molecular weight excluding hydrogens is 426 g/mol. The highest BCUT2D eigenvalue weighted by Gasteiger charge is 2.31. The second-order valence-corrected chi connectivity index (χ2v) is 9.05. The lowest BCUT2D eigenvalue weighted by molar-refractivity contribution is 0.102. The van der Waals surface area contributed by atoms with Crippen LogP contribution in [0.5, 0.6) is 0 Å².